The topological polar surface area (TPSA) is 68.8 Å². The Morgan fingerprint density at radius 3 is 2.56 bits per heavy atom. The third-order valence-electron chi connectivity index (χ3n) is 4.60. The number of likely N-dealkylation sites (tertiary alicyclic amines) is 1. The summed E-state index contributed by atoms with van der Waals surface area (Å²) in [4.78, 5) is 18.9. The van der Waals surface area contributed by atoms with E-state index in [-0.39, 0.29) is 36.4 Å². The number of rotatable bonds is 8. The molecule has 0 atom stereocenters. The molecule has 1 saturated heterocycles. The van der Waals surface area contributed by atoms with E-state index in [2.05, 4.69) is 32.8 Å². The molecule has 6 nitrogen and oxygen atoms in total. The molecule has 27 heavy (non-hydrogen) atoms. The first-order valence-corrected chi connectivity index (χ1v) is 9.76. The van der Waals surface area contributed by atoms with Crippen LogP contribution >= 0.6 is 24.0 Å². The maximum absolute atomic E-state index is 12.0. The summed E-state index contributed by atoms with van der Waals surface area (Å²) in [5.74, 6) is 1.46. The van der Waals surface area contributed by atoms with Crippen LogP contribution in [0.15, 0.2) is 35.3 Å². The zero-order valence-corrected chi connectivity index (χ0v) is 18.9. The first-order chi connectivity index (χ1) is 12.7. The molecule has 0 aliphatic carbocycles. The van der Waals surface area contributed by atoms with Crippen molar-refractivity contribution >= 4 is 41.5 Å². The molecule has 0 spiro atoms. The third-order valence-corrected chi connectivity index (χ3v) is 4.60. The molecule has 0 saturated carbocycles. The maximum atomic E-state index is 12.0. The van der Waals surface area contributed by atoms with Gasteiger partial charge in [-0.2, -0.15) is 0 Å². The van der Waals surface area contributed by atoms with E-state index in [1.54, 1.807) is 0 Å². The highest BCUT2D eigenvalue weighted by Crippen LogP contribution is 2.15. The minimum Gasteiger partial charge on any atom is -0.357 e. The molecule has 1 heterocycles. The quantitative estimate of drug-likeness (QED) is 0.228. The lowest BCUT2D eigenvalue weighted by Gasteiger charge is -2.30. The molecule has 0 aromatic heterocycles. The Labute approximate surface area is 180 Å². The standard InChI is InChI=1S/C20H33N5O.HI/c1-3-21-20(22-12-7-13-25-14-10-17(2)11-15-25)23-16-19(26)24-18-8-5-4-6-9-18;/h4-6,8-9,17H,3,7,10-16H2,1-2H3,(H,24,26)(H2,21,22,23);1H. The molecule has 1 amide bonds. The van der Waals surface area contributed by atoms with Crippen LogP contribution in [-0.2, 0) is 4.79 Å². The van der Waals surface area contributed by atoms with E-state index in [0.29, 0.717) is 5.96 Å². The number of nitrogens with zero attached hydrogens (tertiary/aromatic N) is 2. The molecule has 1 aromatic carbocycles. The lowest BCUT2D eigenvalue weighted by molar-refractivity contribution is -0.114. The number of amides is 1. The van der Waals surface area contributed by atoms with Gasteiger partial charge >= 0.3 is 0 Å². The summed E-state index contributed by atoms with van der Waals surface area (Å²) < 4.78 is 0. The summed E-state index contributed by atoms with van der Waals surface area (Å²) in [7, 11) is 0. The van der Waals surface area contributed by atoms with E-state index in [1.165, 1.54) is 25.9 Å². The van der Waals surface area contributed by atoms with Crippen molar-refractivity contribution in [1.29, 1.82) is 0 Å². The Morgan fingerprint density at radius 1 is 1.19 bits per heavy atom. The predicted octanol–water partition coefficient (Wildman–Crippen LogP) is 2.92. The van der Waals surface area contributed by atoms with Crippen molar-refractivity contribution < 1.29 is 4.79 Å². The average molecular weight is 487 g/mol. The number of carbonyl (C=O) groups is 1. The molecule has 1 aliphatic heterocycles. The number of guanidine groups is 1. The van der Waals surface area contributed by atoms with Crippen molar-refractivity contribution in [3.05, 3.63) is 30.3 Å². The van der Waals surface area contributed by atoms with E-state index in [1.807, 2.05) is 37.3 Å². The van der Waals surface area contributed by atoms with Crippen LogP contribution < -0.4 is 16.0 Å². The Morgan fingerprint density at radius 2 is 1.89 bits per heavy atom. The van der Waals surface area contributed by atoms with Crippen molar-refractivity contribution in [3.8, 4) is 0 Å². The van der Waals surface area contributed by atoms with Gasteiger partial charge in [0.15, 0.2) is 5.96 Å². The van der Waals surface area contributed by atoms with Gasteiger partial charge in [0, 0.05) is 18.8 Å². The number of aliphatic imine (C=N–C) groups is 1. The highest BCUT2D eigenvalue weighted by molar-refractivity contribution is 14.0. The Kier molecular flexibility index (Phi) is 12.1. The number of hydrogen-bond donors (Lipinski definition) is 3. The monoisotopic (exact) mass is 487 g/mol. The Hall–Kier alpha value is -1.35. The van der Waals surface area contributed by atoms with Gasteiger partial charge in [0.05, 0.1) is 0 Å². The summed E-state index contributed by atoms with van der Waals surface area (Å²) >= 11 is 0. The van der Waals surface area contributed by atoms with E-state index < -0.39 is 0 Å². The first kappa shape index (κ1) is 23.7. The van der Waals surface area contributed by atoms with Crippen molar-refractivity contribution in [1.82, 2.24) is 15.5 Å². The van der Waals surface area contributed by atoms with Crippen LogP contribution in [0.2, 0.25) is 0 Å². The van der Waals surface area contributed by atoms with Crippen LogP contribution in [0.25, 0.3) is 0 Å². The lowest BCUT2D eigenvalue weighted by Crippen LogP contribution is -2.40. The molecule has 7 heteroatoms. The van der Waals surface area contributed by atoms with Gasteiger partial charge < -0.3 is 20.9 Å². The van der Waals surface area contributed by atoms with Crippen molar-refractivity contribution in [2.75, 3.05) is 44.6 Å². The Bertz CT molecular complexity index is 559. The molecular weight excluding hydrogens is 453 g/mol. The maximum Gasteiger partial charge on any atom is 0.246 e. The number of para-hydroxylation sites is 1. The largest absolute Gasteiger partial charge is 0.357 e. The summed E-state index contributed by atoms with van der Waals surface area (Å²) in [5, 5.41) is 9.36. The van der Waals surface area contributed by atoms with Gasteiger partial charge in [0.2, 0.25) is 5.91 Å². The fourth-order valence-corrected chi connectivity index (χ4v) is 3.01. The number of carbonyl (C=O) groups excluding carboxylic acids is 1. The molecule has 1 aromatic rings. The van der Waals surface area contributed by atoms with Crippen LogP contribution in [0, 0.1) is 5.92 Å². The highest BCUT2D eigenvalue weighted by Gasteiger charge is 2.14. The normalized spacial score (nSPS) is 15.7. The van der Waals surface area contributed by atoms with Gasteiger partial charge in [-0.1, -0.05) is 25.1 Å². The number of hydrogen-bond acceptors (Lipinski definition) is 3. The van der Waals surface area contributed by atoms with Gasteiger partial charge in [-0.25, -0.2) is 4.99 Å². The molecule has 3 N–H and O–H groups in total. The van der Waals surface area contributed by atoms with Crippen LogP contribution in [-0.4, -0.2) is 56.0 Å². The van der Waals surface area contributed by atoms with E-state index in [4.69, 9.17) is 0 Å². The van der Waals surface area contributed by atoms with Gasteiger partial charge in [0.25, 0.3) is 0 Å². The number of anilines is 1. The van der Waals surface area contributed by atoms with E-state index in [9.17, 15) is 4.79 Å². The van der Waals surface area contributed by atoms with Crippen molar-refractivity contribution in [2.45, 2.75) is 33.1 Å². The zero-order valence-electron chi connectivity index (χ0n) is 16.5. The Balaban J connectivity index is 0.00000364. The number of nitrogens with one attached hydrogen (secondary N) is 3. The van der Waals surface area contributed by atoms with Crippen LogP contribution in [0.1, 0.15) is 33.1 Å². The fourth-order valence-electron chi connectivity index (χ4n) is 3.01. The van der Waals surface area contributed by atoms with Crippen LogP contribution in [0.3, 0.4) is 0 Å². The van der Waals surface area contributed by atoms with Gasteiger partial charge in [0.1, 0.15) is 6.54 Å². The molecule has 152 valence electrons. The van der Waals surface area contributed by atoms with E-state index in [0.717, 1.165) is 37.7 Å². The molecule has 2 rings (SSSR count). The second kappa shape index (κ2) is 13.8. The van der Waals surface area contributed by atoms with Crippen LogP contribution in [0.5, 0.6) is 0 Å². The summed E-state index contributed by atoms with van der Waals surface area (Å²) in [6.45, 7) is 9.66. The van der Waals surface area contributed by atoms with Crippen LogP contribution in [0.4, 0.5) is 5.69 Å². The van der Waals surface area contributed by atoms with E-state index >= 15 is 0 Å². The second-order valence-corrected chi connectivity index (χ2v) is 6.91. The minimum atomic E-state index is -0.115. The van der Waals surface area contributed by atoms with Gasteiger partial charge in [-0.3, -0.25) is 4.79 Å². The van der Waals surface area contributed by atoms with Gasteiger partial charge in [-0.05, 0) is 63.9 Å². The SMILES string of the molecule is CCNC(=NCC(=O)Nc1ccccc1)NCCCN1CCC(C)CC1.I. The summed E-state index contributed by atoms with van der Waals surface area (Å²) in [6, 6.07) is 9.45. The predicted molar refractivity (Wildman–Crippen MR) is 124 cm³/mol. The minimum absolute atomic E-state index is 0. The first-order valence-electron chi connectivity index (χ1n) is 9.76. The molecule has 0 radical (unpaired) electrons. The number of benzene rings is 1. The number of halogens is 1. The molecule has 1 aliphatic rings. The molecule has 0 bridgehead atoms. The van der Waals surface area contributed by atoms with Crippen molar-refractivity contribution in [2.24, 2.45) is 10.9 Å². The smallest absolute Gasteiger partial charge is 0.246 e. The van der Waals surface area contributed by atoms with Crippen molar-refractivity contribution in [3.63, 3.8) is 0 Å². The molecule has 0 unspecified atom stereocenters. The fraction of sp³-hybridized carbons (Fsp3) is 0.600. The summed E-state index contributed by atoms with van der Waals surface area (Å²) in [6.07, 6.45) is 3.71. The zero-order chi connectivity index (χ0) is 18.6. The lowest BCUT2D eigenvalue weighted by atomic mass is 9.99. The molecular formula is C20H34IN5O. The third kappa shape index (κ3) is 9.95. The highest BCUT2D eigenvalue weighted by atomic mass is 127. The molecule has 1 fully saturated rings. The summed E-state index contributed by atoms with van der Waals surface area (Å²) in [5.41, 5.74) is 0.793. The average Bonchev–Trinajstić information content (AvgIpc) is 2.65. The second-order valence-electron chi connectivity index (χ2n) is 6.91. The number of piperidine rings is 1. The van der Waals surface area contributed by atoms with Gasteiger partial charge in [-0.15, -0.1) is 24.0 Å².